The number of nitriles is 1. The van der Waals surface area contributed by atoms with Crippen LogP contribution < -0.4 is 14.8 Å². The van der Waals surface area contributed by atoms with E-state index in [1.54, 1.807) is 24.3 Å². The Balaban J connectivity index is 1.50. The molecule has 2 aromatic carbocycles. The number of rotatable bonds is 8. The summed E-state index contributed by atoms with van der Waals surface area (Å²) in [5.74, 6) is -0.0743. The van der Waals surface area contributed by atoms with Crippen molar-refractivity contribution in [3.63, 3.8) is 0 Å². The van der Waals surface area contributed by atoms with Crippen LogP contribution in [0, 0.1) is 11.3 Å². The first-order valence-corrected chi connectivity index (χ1v) is 10.0. The van der Waals surface area contributed by atoms with Gasteiger partial charge in [-0.25, -0.2) is 4.79 Å². The number of ether oxygens (including phenoxy) is 3. The van der Waals surface area contributed by atoms with Gasteiger partial charge in [0.1, 0.15) is 6.07 Å². The second-order valence-corrected chi connectivity index (χ2v) is 7.01. The van der Waals surface area contributed by atoms with E-state index in [-0.39, 0.29) is 25.2 Å². The summed E-state index contributed by atoms with van der Waals surface area (Å²) in [6.07, 6.45) is 5.68. The number of fused-ring (bicyclic) bond motifs is 1. The third-order valence-corrected chi connectivity index (χ3v) is 4.94. The Morgan fingerprint density at radius 1 is 1.23 bits per heavy atom. The first-order valence-electron chi connectivity index (χ1n) is 10.0. The lowest BCUT2D eigenvalue weighted by molar-refractivity contribution is -0.144. The maximum absolute atomic E-state index is 12.2. The van der Waals surface area contributed by atoms with Crippen molar-refractivity contribution < 1.29 is 23.8 Å². The van der Waals surface area contributed by atoms with Crippen molar-refractivity contribution in [1.29, 1.82) is 5.26 Å². The molecule has 1 aliphatic carbocycles. The molecular formula is C24H24N2O5. The quantitative estimate of drug-likeness (QED) is 0.520. The molecule has 1 aliphatic rings. The van der Waals surface area contributed by atoms with Gasteiger partial charge in [0, 0.05) is 6.08 Å². The lowest BCUT2D eigenvalue weighted by Crippen LogP contribution is -2.34. The topological polar surface area (TPSA) is 97.7 Å². The largest absolute Gasteiger partial charge is 0.493 e. The molecule has 31 heavy (non-hydrogen) atoms. The van der Waals surface area contributed by atoms with Crippen molar-refractivity contribution in [2.75, 3.05) is 20.3 Å². The van der Waals surface area contributed by atoms with E-state index in [2.05, 4.69) is 11.4 Å². The number of esters is 1. The number of nitrogens with zero attached hydrogens (tertiary/aromatic N) is 1. The molecular weight excluding hydrogens is 396 g/mol. The number of benzene rings is 2. The minimum Gasteiger partial charge on any atom is -0.493 e. The van der Waals surface area contributed by atoms with Gasteiger partial charge in [-0.2, -0.15) is 5.26 Å². The zero-order valence-corrected chi connectivity index (χ0v) is 17.3. The Kier molecular flexibility index (Phi) is 7.66. The summed E-state index contributed by atoms with van der Waals surface area (Å²) in [6, 6.07) is 14.9. The van der Waals surface area contributed by atoms with Crippen molar-refractivity contribution in [2.45, 2.75) is 25.3 Å². The number of nitrogens with one attached hydrogen (secondary N) is 1. The summed E-state index contributed by atoms with van der Waals surface area (Å²) in [5.41, 5.74) is 3.06. The molecule has 0 aromatic heterocycles. The summed E-state index contributed by atoms with van der Waals surface area (Å²) in [7, 11) is 1.49. The fourth-order valence-corrected chi connectivity index (χ4v) is 3.51. The fourth-order valence-electron chi connectivity index (χ4n) is 3.51. The van der Waals surface area contributed by atoms with Crippen molar-refractivity contribution in [1.82, 2.24) is 5.32 Å². The van der Waals surface area contributed by atoms with Crippen LogP contribution in [0.1, 0.15) is 35.6 Å². The Morgan fingerprint density at radius 2 is 2.06 bits per heavy atom. The monoisotopic (exact) mass is 420 g/mol. The highest BCUT2D eigenvalue weighted by Crippen LogP contribution is 2.29. The minimum atomic E-state index is -0.622. The number of methoxy groups -OCH3 is 1. The van der Waals surface area contributed by atoms with E-state index < -0.39 is 5.97 Å². The number of aryl methyl sites for hydroxylation is 1. The van der Waals surface area contributed by atoms with E-state index in [1.165, 1.54) is 18.7 Å². The highest BCUT2D eigenvalue weighted by molar-refractivity contribution is 5.89. The van der Waals surface area contributed by atoms with Crippen molar-refractivity contribution in [3.8, 4) is 17.6 Å². The van der Waals surface area contributed by atoms with Gasteiger partial charge in [-0.05, 0) is 54.2 Å². The lowest BCUT2D eigenvalue weighted by atomic mass is 9.88. The Hall–Kier alpha value is -3.79. The van der Waals surface area contributed by atoms with Crippen LogP contribution in [0.2, 0.25) is 0 Å². The van der Waals surface area contributed by atoms with Gasteiger partial charge in [-0.1, -0.05) is 30.3 Å². The molecule has 7 heteroatoms. The third-order valence-electron chi connectivity index (χ3n) is 4.94. The first kappa shape index (κ1) is 21.9. The van der Waals surface area contributed by atoms with Crippen LogP contribution in [0.25, 0.3) is 6.08 Å². The van der Waals surface area contributed by atoms with Crippen LogP contribution in [-0.4, -0.2) is 32.2 Å². The SMILES string of the molecule is COc1cc(C=CC(=O)OCC(=O)NC2CCCc3ccccc32)ccc1OCC#N. The van der Waals surface area contributed by atoms with Crippen molar-refractivity contribution in [2.24, 2.45) is 0 Å². The molecule has 7 nitrogen and oxygen atoms in total. The van der Waals surface area contributed by atoms with Crippen LogP contribution in [-0.2, 0) is 20.7 Å². The first-order chi connectivity index (χ1) is 15.1. The van der Waals surface area contributed by atoms with Gasteiger partial charge in [0.05, 0.1) is 13.2 Å². The zero-order chi connectivity index (χ0) is 22.1. The summed E-state index contributed by atoms with van der Waals surface area (Å²) in [6.45, 7) is -0.432. The molecule has 0 saturated heterocycles. The predicted molar refractivity (Wildman–Crippen MR) is 114 cm³/mol. The minimum absolute atomic E-state index is 0.0547. The fraction of sp³-hybridized carbons (Fsp3) is 0.292. The molecule has 0 heterocycles. The van der Waals surface area contributed by atoms with Gasteiger partial charge in [-0.3, -0.25) is 4.79 Å². The maximum Gasteiger partial charge on any atom is 0.331 e. The summed E-state index contributed by atoms with van der Waals surface area (Å²) < 4.78 is 15.5. The zero-order valence-electron chi connectivity index (χ0n) is 17.3. The maximum atomic E-state index is 12.2. The molecule has 1 unspecified atom stereocenters. The number of carbonyl (C=O) groups is 2. The van der Waals surface area contributed by atoms with E-state index >= 15 is 0 Å². The molecule has 160 valence electrons. The highest BCUT2D eigenvalue weighted by Gasteiger charge is 2.21. The van der Waals surface area contributed by atoms with Gasteiger partial charge < -0.3 is 19.5 Å². The predicted octanol–water partition coefficient (Wildman–Crippen LogP) is 3.35. The number of amides is 1. The van der Waals surface area contributed by atoms with E-state index in [4.69, 9.17) is 19.5 Å². The van der Waals surface area contributed by atoms with Crippen LogP contribution in [0.15, 0.2) is 48.5 Å². The van der Waals surface area contributed by atoms with Gasteiger partial charge in [0.25, 0.3) is 5.91 Å². The molecule has 1 amide bonds. The van der Waals surface area contributed by atoms with Gasteiger partial charge in [0.15, 0.2) is 24.7 Å². The van der Waals surface area contributed by atoms with Gasteiger partial charge >= 0.3 is 5.97 Å². The normalized spacial score (nSPS) is 14.9. The molecule has 3 rings (SSSR count). The van der Waals surface area contributed by atoms with Crippen LogP contribution in [0.5, 0.6) is 11.5 Å². The van der Waals surface area contributed by atoms with Gasteiger partial charge in [-0.15, -0.1) is 0 Å². The Morgan fingerprint density at radius 3 is 2.87 bits per heavy atom. The third kappa shape index (κ3) is 6.09. The molecule has 2 aromatic rings. The van der Waals surface area contributed by atoms with Crippen LogP contribution in [0.3, 0.4) is 0 Å². The molecule has 0 radical (unpaired) electrons. The van der Waals surface area contributed by atoms with E-state index in [9.17, 15) is 9.59 Å². The Bertz CT molecular complexity index is 1010. The Labute approximate surface area is 181 Å². The van der Waals surface area contributed by atoms with E-state index in [1.807, 2.05) is 24.3 Å². The van der Waals surface area contributed by atoms with Gasteiger partial charge in [0.2, 0.25) is 0 Å². The summed E-state index contributed by atoms with van der Waals surface area (Å²) in [4.78, 5) is 24.2. The number of carbonyl (C=O) groups excluding carboxylic acids is 2. The molecule has 1 atom stereocenters. The summed E-state index contributed by atoms with van der Waals surface area (Å²) in [5, 5.41) is 11.6. The molecule has 0 spiro atoms. The lowest BCUT2D eigenvalue weighted by Gasteiger charge is -2.26. The molecule has 0 bridgehead atoms. The molecule has 0 fully saturated rings. The second-order valence-electron chi connectivity index (χ2n) is 7.01. The number of hydrogen-bond acceptors (Lipinski definition) is 6. The second kappa shape index (κ2) is 10.8. The summed E-state index contributed by atoms with van der Waals surface area (Å²) >= 11 is 0. The van der Waals surface area contributed by atoms with Crippen LogP contribution >= 0.6 is 0 Å². The smallest absolute Gasteiger partial charge is 0.331 e. The van der Waals surface area contributed by atoms with E-state index in [0.29, 0.717) is 17.1 Å². The highest BCUT2D eigenvalue weighted by atomic mass is 16.5. The number of hydrogen-bond donors (Lipinski definition) is 1. The van der Waals surface area contributed by atoms with Crippen LogP contribution in [0.4, 0.5) is 0 Å². The standard InChI is InChI=1S/C24H24N2O5/c1-29-22-15-17(9-11-21(22)30-14-13-25)10-12-24(28)31-16-23(27)26-20-8-4-6-18-5-2-3-7-19(18)20/h2-3,5,7,9-12,15,20H,4,6,8,14,16H2,1H3,(H,26,27). The average molecular weight is 420 g/mol. The molecule has 1 N–H and O–H groups in total. The van der Waals surface area contributed by atoms with E-state index in [0.717, 1.165) is 24.8 Å². The molecule has 0 aliphatic heterocycles. The van der Waals surface area contributed by atoms with Crippen molar-refractivity contribution in [3.05, 3.63) is 65.2 Å². The van der Waals surface area contributed by atoms with Crippen molar-refractivity contribution >= 4 is 18.0 Å². The molecule has 0 saturated carbocycles. The average Bonchev–Trinajstić information content (AvgIpc) is 2.80.